The summed E-state index contributed by atoms with van der Waals surface area (Å²) in [6.07, 6.45) is 5.84. The second kappa shape index (κ2) is 6.24. The van der Waals surface area contributed by atoms with Gasteiger partial charge < -0.3 is 9.15 Å². The number of allylic oxidation sites excluding steroid dienone is 3. The second-order valence-electron chi connectivity index (χ2n) is 4.62. The second-order valence-corrected chi connectivity index (χ2v) is 4.62. The fourth-order valence-corrected chi connectivity index (χ4v) is 1.64. The highest BCUT2D eigenvalue weighted by molar-refractivity contribution is 5.50. The molecule has 1 heterocycles. The van der Waals surface area contributed by atoms with Gasteiger partial charge in [-0.15, -0.1) is 0 Å². The van der Waals surface area contributed by atoms with Crippen LogP contribution in [-0.2, 0) is 0 Å². The molecule has 0 aromatic carbocycles. The number of hydrogen-bond acceptors (Lipinski definition) is 3. The van der Waals surface area contributed by atoms with Gasteiger partial charge in [-0.3, -0.25) is 0 Å². The molecule has 1 rings (SSSR count). The van der Waals surface area contributed by atoms with Crippen LogP contribution in [0.1, 0.15) is 32.1 Å². The van der Waals surface area contributed by atoms with Crippen LogP contribution in [0.3, 0.4) is 0 Å². The Balaban J connectivity index is 3.02. The standard InChI is InChI=1S/C15H20O3/c1-10(2)8-11(3)6-7-13-9-14(17-5)12(4)15(16)18-13/h6-10H,1-5H3. The lowest BCUT2D eigenvalue weighted by Gasteiger charge is -2.03. The molecule has 0 saturated heterocycles. The molecule has 0 aliphatic carbocycles. The van der Waals surface area contributed by atoms with Crippen molar-refractivity contribution in [1.82, 2.24) is 0 Å². The van der Waals surface area contributed by atoms with Crippen LogP contribution < -0.4 is 10.4 Å². The Morgan fingerprint density at radius 1 is 1.44 bits per heavy atom. The van der Waals surface area contributed by atoms with Gasteiger partial charge in [0.2, 0.25) is 0 Å². The van der Waals surface area contributed by atoms with Crippen molar-refractivity contribution < 1.29 is 9.15 Å². The zero-order chi connectivity index (χ0) is 13.7. The van der Waals surface area contributed by atoms with Crippen molar-refractivity contribution in [3.05, 3.63) is 45.5 Å². The normalized spacial score (nSPS) is 12.4. The first-order valence-corrected chi connectivity index (χ1v) is 5.99. The first-order chi connectivity index (χ1) is 8.43. The number of methoxy groups -OCH3 is 1. The van der Waals surface area contributed by atoms with Gasteiger partial charge in [0.15, 0.2) is 0 Å². The van der Waals surface area contributed by atoms with E-state index in [0.717, 1.165) is 5.57 Å². The van der Waals surface area contributed by atoms with Gasteiger partial charge in [0.05, 0.1) is 12.7 Å². The highest BCUT2D eigenvalue weighted by atomic mass is 16.5. The summed E-state index contributed by atoms with van der Waals surface area (Å²) < 4.78 is 10.3. The molecule has 0 unspecified atom stereocenters. The van der Waals surface area contributed by atoms with Gasteiger partial charge >= 0.3 is 5.63 Å². The van der Waals surface area contributed by atoms with Crippen LogP contribution in [0.5, 0.6) is 5.75 Å². The minimum Gasteiger partial charge on any atom is -0.496 e. The van der Waals surface area contributed by atoms with Crippen molar-refractivity contribution in [3.8, 4) is 5.75 Å². The van der Waals surface area contributed by atoms with Crippen molar-refractivity contribution in [1.29, 1.82) is 0 Å². The summed E-state index contributed by atoms with van der Waals surface area (Å²) in [5, 5.41) is 0. The highest BCUT2D eigenvalue weighted by Crippen LogP contribution is 2.16. The molecule has 0 amide bonds. The molecule has 3 nitrogen and oxygen atoms in total. The molecule has 0 fully saturated rings. The van der Waals surface area contributed by atoms with E-state index in [9.17, 15) is 4.79 Å². The molecule has 0 aliphatic heterocycles. The Labute approximate surface area is 108 Å². The Kier molecular flexibility index (Phi) is 4.95. The van der Waals surface area contributed by atoms with Gasteiger partial charge in [0.1, 0.15) is 11.5 Å². The summed E-state index contributed by atoms with van der Waals surface area (Å²) in [5.74, 6) is 1.55. The average molecular weight is 248 g/mol. The van der Waals surface area contributed by atoms with Crippen LogP contribution in [0, 0.1) is 12.8 Å². The highest BCUT2D eigenvalue weighted by Gasteiger charge is 2.05. The van der Waals surface area contributed by atoms with Gasteiger partial charge in [-0.25, -0.2) is 4.79 Å². The third-order valence-corrected chi connectivity index (χ3v) is 2.49. The van der Waals surface area contributed by atoms with Crippen LogP contribution in [0.2, 0.25) is 0 Å². The summed E-state index contributed by atoms with van der Waals surface area (Å²) in [6, 6.07) is 1.72. The molecule has 1 aromatic heterocycles. The van der Waals surface area contributed by atoms with Crippen LogP contribution in [0.15, 0.2) is 33.0 Å². The lowest BCUT2D eigenvalue weighted by molar-refractivity contribution is 0.395. The van der Waals surface area contributed by atoms with Crippen LogP contribution in [-0.4, -0.2) is 7.11 Å². The third-order valence-electron chi connectivity index (χ3n) is 2.49. The van der Waals surface area contributed by atoms with Crippen molar-refractivity contribution in [2.24, 2.45) is 5.92 Å². The van der Waals surface area contributed by atoms with Gasteiger partial charge in [0, 0.05) is 6.07 Å². The average Bonchev–Trinajstić information content (AvgIpc) is 2.29. The van der Waals surface area contributed by atoms with Crippen LogP contribution >= 0.6 is 0 Å². The quantitative estimate of drug-likeness (QED) is 0.765. The van der Waals surface area contributed by atoms with E-state index < -0.39 is 0 Å². The zero-order valence-electron chi connectivity index (χ0n) is 11.6. The molecule has 0 aliphatic rings. The predicted octanol–water partition coefficient (Wildman–Crippen LogP) is 3.57. The maximum absolute atomic E-state index is 11.5. The monoisotopic (exact) mass is 248 g/mol. The summed E-state index contributed by atoms with van der Waals surface area (Å²) in [6.45, 7) is 7.93. The van der Waals surface area contributed by atoms with E-state index in [4.69, 9.17) is 9.15 Å². The fraction of sp³-hybridized carbons (Fsp3) is 0.400. The van der Waals surface area contributed by atoms with Gasteiger partial charge in [-0.05, 0) is 25.8 Å². The Morgan fingerprint density at radius 3 is 2.67 bits per heavy atom. The molecule has 1 aromatic rings. The number of hydrogen-bond donors (Lipinski definition) is 0. The molecular weight excluding hydrogens is 228 g/mol. The molecule has 98 valence electrons. The summed E-state index contributed by atoms with van der Waals surface area (Å²) in [4.78, 5) is 11.5. The molecule has 0 N–H and O–H groups in total. The Hall–Kier alpha value is -1.77. The lowest BCUT2D eigenvalue weighted by atomic mass is 10.1. The smallest absolute Gasteiger partial charge is 0.342 e. The molecule has 0 spiro atoms. The van der Waals surface area contributed by atoms with E-state index in [-0.39, 0.29) is 5.63 Å². The van der Waals surface area contributed by atoms with E-state index in [2.05, 4.69) is 19.9 Å². The molecule has 3 heteroatoms. The topological polar surface area (TPSA) is 39.4 Å². The van der Waals surface area contributed by atoms with Gasteiger partial charge in [0.25, 0.3) is 0 Å². The molecular formula is C15H20O3. The predicted molar refractivity (Wildman–Crippen MR) is 73.9 cm³/mol. The fourth-order valence-electron chi connectivity index (χ4n) is 1.64. The molecule has 18 heavy (non-hydrogen) atoms. The van der Waals surface area contributed by atoms with E-state index >= 15 is 0 Å². The van der Waals surface area contributed by atoms with E-state index in [1.165, 1.54) is 0 Å². The lowest BCUT2D eigenvalue weighted by Crippen LogP contribution is -2.05. The first-order valence-electron chi connectivity index (χ1n) is 5.99. The number of rotatable bonds is 4. The van der Waals surface area contributed by atoms with Crippen molar-refractivity contribution in [2.75, 3.05) is 7.11 Å². The maximum Gasteiger partial charge on any atom is 0.342 e. The van der Waals surface area contributed by atoms with Crippen molar-refractivity contribution in [3.63, 3.8) is 0 Å². The minimum atomic E-state index is -0.362. The SMILES string of the molecule is COc1cc(C=CC(C)=CC(C)C)oc(=O)c1C. The number of ether oxygens (including phenoxy) is 1. The molecule has 0 radical (unpaired) electrons. The van der Waals surface area contributed by atoms with Crippen molar-refractivity contribution in [2.45, 2.75) is 27.7 Å². The summed E-state index contributed by atoms with van der Waals surface area (Å²) >= 11 is 0. The van der Waals surface area contributed by atoms with Gasteiger partial charge in [-0.2, -0.15) is 0 Å². The molecule has 0 bridgehead atoms. The summed E-state index contributed by atoms with van der Waals surface area (Å²) in [7, 11) is 1.54. The minimum absolute atomic E-state index is 0.362. The van der Waals surface area contributed by atoms with Crippen LogP contribution in [0.4, 0.5) is 0 Å². The Morgan fingerprint density at radius 2 is 2.11 bits per heavy atom. The third kappa shape index (κ3) is 3.91. The Bertz CT molecular complexity index is 519. The van der Waals surface area contributed by atoms with Crippen molar-refractivity contribution >= 4 is 6.08 Å². The van der Waals surface area contributed by atoms with E-state index in [0.29, 0.717) is 23.0 Å². The van der Waals surface area contributed by atoms with E-state index in [1.54, 1.807) is 26.2 Å². The maximum atomic E-state index is 11.5. The van der Waals surface area contributed by atoms with E-state index in [1.807, 2.05) is 13.0 Å². The first kappa shape index (κ1) is 14.3. The van der Waals surface area contributed by atoms with Crippen LogP contribution in [0.25, 0.3) is 6.08 Å². The summed E-state index contributed by atoms with van der Waals surface area (Å²) in [5.41, 5.74) is 1.26. The zero-order valence-corrected chi connectivity index (χ0v) is 11.6. The van der Waals surface area contributed by atoms with Gasteiger partial charge in [-0.1, -0.05) is 31.6 Å². The molecule has 0 saturated carbocycles. The largest absolute Gasteiger partial charge is 0.496 e. The molecule has 0 atom stereocenters.